The van der Waals surface area contributed by atoms with Crippen molar-refractivity contribution in [2.45, 2.75) is 78.2 Å². The molecule has 6 unspecified atom stereocenters. The van der Waals surface area contributed by atoms with Gasteiger partial charge in [-0.2, -0.15) is 0 Å². The summed E-state index contributed by atoms with van der Waals surface area (Å²) in [7, 11) is 0. The average molecular weight is 530 g/mol. The standard InChI is InChI=1S/C12H18O2.C11H16O3.C7H9NO2/c1-12(2,3)14-11(13)10-7-8-4-5-9(10)6-8;12-5-6-14-11(13)10-7-8-1-3-9(10)4-2-8;1-2-3-5-4-6(9)8-7(5)10/h4-5,8-10H,6-7H2,1-3H3;1,3,8-10,12H,2,4-7H2;4H,2-3H2,1H3,(H,8,9,10). The molecule has 2 saturated carbocycles. The number of rotatable bonds is 6. The maximum absolute atomic E-state index is 11.8. The number of hydrogen-bond donors (Lipinski definition) is 2. The van der Waals surface area contributed by atoms with Crippen molar-refractivity contribution in [3.05, 3.63) is 36.0 Å². The normalized spacial score (nSPS) is 30.1. The second kappa shape index (κ2) is 13.4. The number of carbonyl (C=O) groups is 4. The summed E-state index contributed by atoms with van der Waals surface area (Å²) in [5.74, 6) is 1.58. The Balaban J connectivity index is 0.000000161. The zero-order valence-corrected chi connectivity index (χ0v) is 23.1. The average Bonchev–Trinajstić information content (AvgIpc) is 3.59. The molecule has 0 saturated heterocycles. The summed E-state index contributed by atoms with van der Waals surface area (Å²) in [4.78, 5) is 44.7. The lowest BCUT2D eigenvalue weighted by molar-refractivity contribution is -0.161. The molecule has 4 bridgehead atoms. The molecule has 8 heteroatoms. The van der Waals surface area contributed by atoms with Gasteiger partial charge in [0, 0.05) is 11.6 Å². The summed E-state index contributed by atoms with van der Waals surface area (Å²) in [6, 6.07) is 0. The molecule has 210 valence electrons. The highest BCUT2D eigenvalue weighted by molar-refractivity contribution is 6.16. The Hall–Kier alpha value is -2.74. The van der Waals surface area contributed by atoms with Gasteiger partial charge in [-0.15, -0.1) is 0 Å². The fourth-order valence-electron chi connectivity index (χ4n) is 5.79. The quantitative estimate of drug-likeness (QED) is 0.303. The minimum atomic E-state index is -0.345. The summed E-state index contributed by atoms with van der Waals surface area (Å²) >= 11 is 0. The summed E-state index contributed by atoms with van der Waals surface area (Å²) in [6.45, 7) is 7.80. The van der Waals surface area contributed by atoms with Crippen molar-refractivity contribution in [2.24, 2.45) is 35.5 Å². The smallest absolute Gasteiger partial charge is 0.310 e. The largest absolute Gasteiger partial charge is 0.463 e. The Kier molecular flexibility index (Phi) is 10.5. The van der Waals surface area contributed by atoms with Crippen LogP contribution in [0.4, 0.5) is 0 Å². The molecular formula is C30H43NO7. The topological polar surface area (TPSA) is 119 Å². The van der Waals surface area contributed by atoms with Crippen molar-refractivity contribution in [3.63, 3.8) is 0 Å². The third-order valence-corrected chi connectivity index (χ3v) is 7.55. The number of carbonyl (C=O) groups excluding carboxylic acids is 4. The molecule has 1 aliphatic heterocycles. The number of fused-ring (bicyclic) bond motifs is 4. The molecule has 38 heavy (non-hydrogen) atoms. The fourth-order valence-corrected chi connectivity index (χ4v) is 5.79. The lowest BCUT2D eigenvalue weighted by atomic mass is 9.69. The summed E-state index contributed by atoms with van der Waals surface area (Å²) in [5.41, 5.74) is 0.260. The molecule has 0 radical (unpaired) electrons. The Morgan fingerprint density at radius 3 is 2.05 bits per heavy atom. The van der Waals surface area contributed by atoms with E-state index in [1.807, 2.05) is 27.7 Å². The second-order valence-corrected chi connectivity index (χ2v) is 11.8. The van der Waals surface area contributed by atoms with Gasteiger partial charge in [-0.3, -0.25) is 24.5 Å². The minimum absolute atomic E-state index is 0.00523. The van der Waals surface area contributed by atoms with Gasteiger partial charge in [-0.05, 0) is 83.0 Å². The zero-order chi connectivity index (χ0) is 27.9. The molecule has 0 aromatic heterocycles. The van der Waals surface area contributed by atoms with Gasteiger partial charge >= 0.3 is 11.9 Å². The highest BCUT2D eigenvalue weighted by Gasteiger charge is 2.41. The van der Waals surface area contributed by atoms with E-state index in [2.05, 4.69) is 29.6 Å². The number of hydrogen-bond acceptors (Lipinski definition) is 7. The first kappa shape index (κ1) is 29.8. The summed E-state index contributed by atoms with van der Waals surface area (Å²) in [5, 5.41) is 10.7. The van der Waals surface area contributed by atoms with Crippen LogP contribution in [-0.4, -0.2) is 47.7 Å². The van der Waals surface area contributed by atoms with Crippen LogP contribution in [0, 0.1) is 35.5 Å². The summed E-state index contributed by atoms with van der Waals surface area (Å²) < 4.78 is 10.4. The monoisotopic (exact) mass is 529 g/mol. The van der Waals surface area contributed by atoms with E-state index in [-0.39, 0.29) is 54.4 Å². The molecular weight excluding hydrogens is 486 g/mol. The molecule has 2 fully saturated rings. The van der Waals surface area contributed by atoms with Crippen LogP contribution >= 0.6 is 0 Å². The van der Waals surface area contributed by atoms with Gasteiger partial charge in [0.1, 0.15) is 12.2 Å². The molecule has 6 atom stereocenters. The predicted octanol–water partition coefficient (Wildman–Crippen LogP) is 4.03. The van der Waals surface area contributed by atoms with Gasteiger partial charge in [-0.25, -0.2) is 0 Å². The van der Waals surface area contributed by atoms with E-state index in [1.165, 1.54) is 12.5 Å². The van der Waals surface area contributed by atoms with E-state index in [0.29, 0.717) is 35.7 Å². The van der Waals surface area contributed by atoms with Crippen molar-refractivity contribution in [3.8, 4) is 0 Å². The Morgan fingerprint density at radius 1 is 0.947 bits per heavy atom. The lowest BCUT2D eigenvalue weighted by Gasteiger charge is -2.36. The maximum atomic E-state index is 11.8. The van der Waals surface area contributed by atoms with Crippen LogP contribution < -0.4 is 5.32 Å². The number of aliphatic hydroxyl groups excluding tert-OH is 1. The molecule has 2 N–H and O–H groups in total. The van der Waals surface area contributed by atoms with Crippen molar-refractivity contribution in [1.82, 2.24) is 5.32 Å². The van der Waals surface area contributed by atoms with Gasteiger partial charge in [0.2, 0.25) is 0 Å². The van der Waals surface area contributed by atoms with Gasteiger partial charge < -0.3 is 14.6 Å². The van der Waals surface area contributed by atoms with Gasteiger partial charge in [-0.1, -0.05) is 37.6 Å². The van der Waals surface area contributed by atoms with Crippen LogP contribution in [0.2, 0.25) is 0 Å². The van der Waals surface area contributed by atoms with E-state index in [0.717, 1.165) is 32.1 Å². The Labute approximate surface area is 225 Å². The van der Waals surface area contributed by atoms with Crippen LogP contribution in [-0.2, 0) is 28.7 Å². The first-order chi connectivity index (χ1) is 18.0. The first-order valence-corrected chi connectivity index (χ1v) is 13.9. The number of nitrogens with one attached hydrogen (secondary N) is 1. The molecule has 5 aliphatic carbocycles. The first-order valence-electron chi connectivity index (χ1n) is 13.9. The van der Waals surface area contributed by atoms with Crippen molar-refractivity contribution in [1.29, 1.82) is 0 Å². The number of allylic oxidation sites excluding steroid dienone is 4. The number of ether oxygens (including phenoxy) is 2. The van der Waals surface area contributed by atoms with Crippen LogP contribution in [0.25, 0.3) is 0 Å². The third-order valence-electron chi connectivity index (χ3n) is 7.55. The molecule has 0 aromatic carbocycles. The van der Waals surface area contributed by atoms with Crippen LogP contribution in [0.15, 0.2) is 36.0 Å². The van der Waals surface area contributed by atoms with Gasteiger partial charge in [0.15, 0.2) is 0 Å². The molecule has 0 aromatic rings. The van der Waals surface area contributed by atoms with E-state index < -0.39 is 0 Å². The van der Waals surface area contributed by atoms with E-state index >= 15 is 0 Å². The zero-order valence-electron chi connectivity index (χ0n) is 23.1. The SMILES string of the molecule is CC(C)(C)OC(=O)C1CC2C=CC1C2.CCCC1=CC(=O)NC1=O.O=C(OCCO)C1CC2C=CC1CC2. The number of esters is 2. The molecule has 2 amide bonds. The number of imide groups is 1. The minimum Gasteiger partial charge on any atom is -0.463 e. The highest BCUT2D eigenvalue weighted by Crippen LogP contribution is 2.44. The molecule has 1 heterocycles. The molecule has 0 spiro atoms. The molecule has 6 aliphatic rings. The van der Waals surface area contributed by atoms with Crippen LogP contribution in [0.5, 0.6) is 0 Å². The van der Waals surface area contributed by atoms with Crippen LogP contribution in [0.1, 0.15) is 72.6 Å². The predicted molar refractivity (Wildman–Crippen MR) is 142 cm³/mol. The number of amides is 2. The van der Waals surface area contributed by atoms with Gasteiger partial charge in [0.25, 0.3) is 11.8 Å². The Morgan fingerprint density at radius 2 is 1.61 bits per heavy atom. The summed E-state index contributed by atoms with van der Waals surface area (Å²) in [6.07, 6.45) is 17.2. The van der Waals surface area contributed by atoms with E-state index in [9.17, 15) is 19.2 Å². The third kappa shape index (κ3) is 8.38. The maximum Gasteiger partial charge on any atom is 0.310 e. The van der Waals surface area contributed by atoms with E-state index in [4.69, 9.17) is 14.6 Å². The van der Waals surface area contributed by atoms with Crippen molar-refractivity contribution in [2.75, 3.05) is 13.2 Å². The lowest BCUT2D eigenvalue weighted by Crippen LogP contribution is -2.34. The van der Waals surface area contributed by atoms with Crippen molar-refractivity contribution < 1.29 is 33.8 Å². The van der Waals surface area contributed by atoms with Gasteiger partial charge in [0.05, 0.1) is 18.4 Å². The van der Waals surface area contributed by atoms with E-state index in [1.54, 1.807) is 0 Å². The second-order valence-electron chi connectivity index (χ2n) is 11.8. The fraction of sp³-hybridized carbons (Fsp3) is 0.667. The molecule has 8 nitrogen and oxygen atoms in total. The molecule has 6 rings (SSSR count). The van der Waals surface area contributed by atoms with Crippen LogP contribution in [0.3, 0.4) is 0 Å². The highest BCUT2D eigenvalue weighted by atomic mass is 16.6. The number of aliphatic hydroxyl groups is 1. The Bertz CT molecular complexity index is 974. The van der Waals surface area contributed by atoms with Crippen molar-refractivity contribution >= 4 is 23.8 Å².